The predicted molar refractivity (Wildman–Crippen MR) is 140 cm³/mol. The Bertz CT molecular complexity index is 1150. The van der Waals surface area contributed by atoms with Crippen LogP contribution < -0.4 is 14.7 Å². The Hall–Kier alpha value is -2.97. The Kier molecular flexibility index (Phi) is 8.27. The molecule has 0 bridgehead atoms. The number of methoxy groups -OCH3 is 2. The molecule has 3 rings (SSSR count). The van der Waals surface area contributed by atoms with Gasteiger partial charge in [0.1, 0.15) is 5.41 Å². The van der Waals surface area contributed by atoms with Crippen LogP contribution in [0.4, 0.5) is 0 Å². The Balaban J connectivity index is 2.22. The minimum absolute atomic E-state index is 0.0284. The van der Waals surface area contributed by atoms with Gasteiger partial charge in [0.05, 0.1) is 26.1 Å². The van der Waals surface area contributed by atoms with Crippen molar-refractivity contribution in [2.24, 2.45) is 0 Å². The number of nitrogens with zero attached hydrogens (tertiary/aromatic N) is 1. The lowest BCUT2D eigenvalue weighted by atomic mass is 9.82. The minimum atomic E-state index is -2.68. The molecule has 0 heterocycles. The maximum atomic E-state index is 14.3. The molecule has 0 amide bonds. The lowest BCUT2D eigenvalue weighted by Gasteiger charge is -2.32. The summed E-state index contributed by atoms with van der Waals surface area (Å²) in [5, 5.41) is 12.8. The summed E-state index contributed by atoms with van der Waals surface area (Å²) in [7, 11) is 0.398. The molecule has 178 valence electrons. The highest BCUT2D eigenvalue weighted by atomic mass is 79.9. The van der Waals surface area contributed by atoms with Gasteiger partial charge in [-0.25, -0.2) is 0 Å². The summed E-state index contributed by atoms with van der Waals surface area (Å²) in [6.07, 6.45) is 0. The molecule has 0 unspecified atom stereocenters. The van der Waals surface area contributed by atoms with E-state index in [1.165, 1.54) is 7.11 Å². The molecule has 6 nitrogen and oxygen atoms in total. The molecule has 0 radical (unpaired) electrons. The van der Waals surface area contributed by atoms with Gasteiger partial charge in [0.25, 0.3) is 0 Å². The van der Waals surface area contributed by atoms with E-state index >= 15 is 0 Å². The highest BCUT2D eigenvalue weighted by Gasteiger charge is 2.43. The summed E-state index contributed by atoms with van der Waals surface area (Å²) in [6.45, 7) is 3.64. The Morgan fingerprint density at radius 3 is 2.09 bits per heavy atom. The number of carbonyl (C=O) groups is 1. The zero-order valence-corrected chi connectivity index (χ0v) is 22.2. The molecule has 0 spiro atoms. The first-order chi connectivity index (χ1) is 16.2. The first kappa shape index (κ1) is 25.6. The van der Waals surface area contributed by atoms with Crippen molar-refractivity contribution >= 4 is 34.6 Å². The van der Waals surface area contributed by atoms with Crippen LogP contribution in [-0.4, -0.2) is 39.2 Å². The smallest absolute Gasteiger partial charge is 0.211 e. The summed E-state index contributed by atoms with van der Waals surface area (Å²) >= 11 is 3.43. The summed E-state index contributed by atoms with van der Waals surface area (Å²) in [5.74, 6) is -0.364. The molecule has 0 aliphatic carbocycles. The standard InChI is InChI=1S/C26H28BrNO5Si/c1-32-23-15-12-19(16-24(23)33-2)25(26(29)34(3,4)21-8-6-5-7-9-21)22(17-28(30)31)18-10-13-20(27)14-11-18/h5-16,22,25H,17H2,1-4H3/t22-,25+/m0/s1. The van der Waals surface area contributed by atoms with Gasteiger partial charge in [-0.05, 0) is 35.4 Å². The number of hydrogen-bond acceptors (Lipinski definition) is 5. The second-order valence-electron chi connectivity index (χ2n) is 8.62. The van der Waals surface area contributed by atoms with Gasteiger partial charge in [0.15, 0.2) is 19.6 Å². The van der Waals surface area contributed by atoms with E-state index < -0.39 is 19.9 Å². The van der Waals surface area contributed by atoms with Crippen molar-refractivity contribution in [1.29, 1.82) is 0 Å². The van der Waals surface area contributed by atoms with E-state index in [4.69, 9.17) is 9.47 Å². The molecule has 34 heavy (non-hydrogen) atoms. The van der Waals surface area contributed by atoms with Gasteiger partial charge in [-0.3, -0.25) is 10.1 Å². The number of benzene rings is 3. The molecule has 0 fully saturated rings. The first-order valence-corrected chi connectivity index (χ1v) is 14.7. The van der Waals surface area contributed by atoms with E-state index in [1.807, 2.05) is 73.8 Å². The fraction of sp³-hybridized carbons (Fsp3) is 0.269. The second kappa shape index (κ2) is 11.0. The fourth-order valence-corrected chi connectivity index (χ4v) is 6.99. The molecule has 3 aromatic carbocycles. The summed E-state index contributed by atoms with van der Waals surface area (Å²) in [4.78, 5) is 25.8. The number of ether oxygens (including phenoxy) is 2. The number of carbonyl (C=O) groups excluding carboxylic acids is 1. The van der Waals surface area contributed by atoms with Crippen LogP contribution in [0, 0.1) is 10.1 Å². The van der Waals surface area contributed by atoms with E-state index in [0.717, 1.165) is 15.2 Å². The normalized spacial score (nSPS) is 13.1. The van der Waals surface area contributed by atoms with E-state index in [9.17, 15) is 14.9 Å². The van der Waals surface area contributed by atoms with Crippen molar-refractivity contribution in [2.45, 2.75) is 24.9 Å². The summed E-state index contributed by atoms with van der Waals surface area (Å²) in [5.41, 5.74) is 1.42. The van der Waals surface area contributed by atoms with Crippen molar-refractivity contribution in [1.82, 2.24) is 0 Å². The van der Waals surface area contributed by atoms with Crippen LogP contribution in [0.1, 0.15) is 23.0 Å². The summed E-state index contributed by atoms with van der Waals surface area (Å²) < 4.78 is 11.7. The SMILES string of the molecule is COc1ccc([C@@H](C(=O)[Si](C)(C)c2ccccc2)[C@@H](C[N+](=O)[O-])c2ccc(Br)cc2)cc1OC. The molecular formula is C26H28BrNO5Si. The molecule has 8 heteroatoms. The Labute approximate surface area is 209 Å². The number of nitro groups is 1. The Morgan fingerprint density at radius 1 is 0.941 bits per heavy atom. The first-order valence-electron chi connectivity index (χ1n) is 10.9. The van der Waals surface area contributed by atoms with Crippen LogP contribution in [0.5, 0.6) is 11.5 Å². The maximum Gasteiger partial charge on any atom is 0.211 e. The van der Waals surface area contributed by atoms with E-state index in [1.54, 1.807) is 19.2 Å². The van der Waals surface area contributed by atoms with Crippen molar-refractivity contribution < 1.29 is 19.2 Å². The van der Waals surface area contributed by atoms with Crippen LogP contribution in [0.25, 0.3) is 0 Å². The van der Waals surface area contributed by atoms with E-state index in [2.05, 4.69) is 15.9 Å². The molecule has 0 aliphatic rings. The van der Waals surface area contributed by atoms with Crippen LogP contribution in [0.15, 0.2) is 77.3 Å². The third-order valence-corrected chi connectivity index (χ3v) is 10.1. The van der Waals surface area contributed by atoms with Crippen LogP contribution in [0.2, 0.25) is 13.1 Å². The van der Waals surface area contributed by atoms with E-state index in [-0.39, 0.29) is 16.9 Å². The molecule has 0 saturated heterocycles. The lowest BCUT2D eigenvalue weighted by molar-refractivity contribution is -0.483. The van der Waals surface area contributed by atoms with Gasteiger partial charge < -0.3 is 14.3 Å². The average molecular weight is 543 g/mol. The topological polar surface area (TPSA) is 78.7 Å². The van der Waals surface area contributed by atoms with E-state index in [0.29, 0.717) is 17.1 Å². The largest absolute Gasteiger partial charge is 0.493 e. The van der Waals surface area contributed by atoms with Crippen LogP contribution in [0.3, 0.4) is 0 Å². The summed E-state index contributed by atoms with van der Waals surface area (Å²) in [6, 6.07) is 22.4. The van der Waals surface area contributed by atoms with Gasteiger partial charge in [0.2, 0.25) is 6.54 Å². The van der Waals surface area contributed by atoms with Gasteiger partial charge in [-0.2, -0.15) is 0 Å². The Morgan fingerprint density at radius 2 is 1.53 bits per heavy atom. The number of hydrogen-bond donors (Lipinski definition) is 0. The third-order valence-electron chi connectivity index (χ3n) is 6.21. The molecule has 3 aromatic rings. The third kappa shape index (κ3) is 5.56. The average Bonchev–Trinajstić information content (AvgIpc) is 2.84. The van der Waals surface area contributed by atoms with Crippen LogP contribution in [-0.2, 0) is 4.79 Å². The van der Waals surface area contributed by atoms with Crippen molar-refractivity contribution in [3.05, 3.63) is 98.5 Å². The molecule has 0 aliphatic heterocycles. The number of rotatable bonds is 10. The highest BCUT2D eigenvalue weighted by molar-refractivity contribution is 9.10. The lowest BCUT2D eigenvalue weighted by Crippen LogP contribution is -2.53. The number of halogens is 1. The van der Waals surface area contributed by atoms with Gasteiger partial charge >= 0.3 is 0 Å². The van der Waals surface area contributed by atoms with Crippen molar-refractivity contribution in [2.75, 3.05) is 20.8 Å². The zero-order chi connectivity index (χ0) is 24.9. The monoisotopic (exact) mass is 541 g/mol. The maximum absolute atomic E-state index is 14.3. The zero-order valence-electron chi connectivity index (χ0n) is 19.7. The van der Waals surface area contributed by atoms with Gasteiger partial charge in [0, 0.05) is 9.40 Å². The highest BCUT2D eigenvalue weighted by Crippen LogP contribution is 2.40. The molecule has 0 saturated carbocycles. The van der Waals surface area contributed by atoms with Gasteiger partial charge in [-0.15, -0.1) is 0 Å². The minimum Gasteiger partial charge on any atom is -0.493 e. The molecule has 2 atom stereocenters. The van der Waals surface area contributed by atoms with Crippen molar-refractivity contribution in [3.8, 4) is 11.5 Å². The predicted octanol–water partition coefficient (Wildman–Crippen LogP) is 5.33. The second-order valence-corrected chi connectivity index (χ2v) is 13.9. The van der Waals surface area contributed by atoms with Crippen molar-refractivity contribution in [3.63, 3.8) is 0 Å². The molecular weight excluding hydrogens is 514 g/mol. The quantitative estimate of drug-likeness (QED) is 0.197. The molecule has 0 N–H and O–H groups in total. The fourth-order valence-electron chi connectivity index (χ4n) is 4.27. The van der Waals surface area contributed by atoms with Crippen LogP contribution >= 0.6 is 15.9 Å². The van der Waals surface area contributed by atoms with Gasteiger partial charge in [-0.1, -0.05) is 82.7 Å². The molecule has 0 aromatic heterocycles.